The van der Waals surface area contributed by atoms with Gasteiger partial charge in [0, 0.05) is 26.9 Å². The molecule has 1 atom stereocenters. The fourth-order valence-corrected chi connectivity index (χ4v) is 5.50. The van der Waals surface area contributed by atoms with Crippen molar-refractivity contribution in [3.05, 3.63) is 111 Å². The van der Waals surface area contributed by atoms with Crippen LogP contribution in [0.15, 0.2) is 72.0 Å². The Labute approximate surface area is 217 Å². The van der Waals surface area contributed by atoms with Gasteiger partial charge in [-0.05, 0) is 72.1 Å². The van der Waals surface area contributed by atoms with E-state index in [1.54, 1.807) is 25.3 Å². The molecule has 1 unspecified atom stereocenters. The van der Waals surface area contributed by atoms with E-state index < -0.39 is 11.5 Å². The maximum atomic E-state index is 13.8. The van der Waals surface area contributed by atoms with Crippen molar-refractivity contribution in [2.75, 3.05) is 0 Å². The highest BCUT2D eigenvalue weighted by atomic mass is 35.5. The SMILES string of the molecule is CC(O)c1ccc(C(C)(C)c2cnc(SCc3cc(F)ccc3Cl)n2-c2ccc(F)cc2)cc1Cl. The second-order valence-corrected chi connectivity index (χ2v) is 10.6. The van der Waals surface area contributed by atoms with Crippen molar-refractivity contribution in [1.82, 2.24) is 9.55 Å². The monoisotopic (exact) mass is 532 g/mol. The van der Waals surface area contributed by atoms with E-state index in [-0.39, 0.29) is 11.6 Å². The third-order valence-corrected chi connectivity index (χ3v) is 7.69. The normalized spacial score (nSPS) is 12.7. The summed E-state index contributed by atoms with van der Waals surface area (Å²) in [6.07, 6.45) is 1.11. The molecule has 4 aromatic rings. The number of thioether (sulfide) groups is 1. The van der Waals surface area contributed by atoms with Crippen LogP contribution in [0.3, 0.4) is 0 Å². The van der Waals surface area contributed by atoms with E-state index in [4.69, 9.17) is 23.2 Å². The van der Waals surface area contributed by atoms with Crippen LogP contribution < -0.4 is 0 Å². The van der Waals surface area contributed by atoms with Crippen LogP contribution in [0.4, 0.5) is 8.78 Å². The Balaban J connectivity index is 1.78. The zero-order valence-corrected chi connectivity index (χ0v) is 21.7. The Hall–Kier alpha value is -2.38. The van der Waals surface area contributed by atoms with Gasteiger partial charge in [-0.2, -0.15) is 0 Å². The largest absolute Gasteiger partial charge is 0.389 e. The molecule has 0 fully saturated rings. The first-order valence-corrected chi connectivity index (χ1v) is 12.7. The average molecular weight is 533 g/mol. The summed E-state index contributed by atoms with van der Waals surface area (Å²) in [6.45, 7) is 5.77. The Morgan fingerprint density at radius 2 is 1.66 bits per heavy atom. The van der Waals surface area contributed by atoms with Crippen LogP contribution in [0, 0.1) is 11.6 Å². The quantitative estimate of drug-likeness (QED) is 0.244. The number of benzene rings is 3. The van der Waals surface area contributed by atoms with Gasteiger partial charge in [0.2, 0.25) is 0 Å². The van der Waals surface area contributed by atoms with Crippen molar-refractivity contribution in [3.8, 4) is 5.69 Å². The number of aromatic nitrogens is 2. The Bertz CT molecular complexity index is 1350. The van der Waals surface area contributed by atoms with Crippen LogP contribution in [-0.4, -0.2) is 14.7 Å². The zero-order valence-electron chi connectivity index (χ0n) is 19.4. The van der Waals surface area contributed by atoms with Crippen LogP contribution in [0.2, 0.25) is 10.0 Å². The predicted molar refractivity (Wildman–Crippen MR) is 139 cm³/mol. The molecule has 3 aromatic carbocycles. The molecular weight excluding hydrogens is 509 g/mol. The molecule has 1 aromatic heterocycles. The van der Waals surface area contributed by atoms with E-state index in [1.807, 2.05) is 22.8 Å². The lowest BCUT2D eigenvalue weighted by Crippen LogP contribution is -2.23. The van der Waals surface area contributed by atoms with Crippen molar-refractivity contribution in [1.29, 1.82) is 0 Å². The molecule has 0 saturated heterocycles. The summed E-state index contributed by atoms with van der Waals surface area (Å²) in [5.41, 5.74) is 3.30. The van der Waals surface area contributed by atoms with Gasteiger partial charge in [-0.1, -0.05) is 60.9 Å². The van der Waals surface area contributed by atoms with Gasteiger partial charge in [0.15, 0.2) is 5.16 Å². The summed E-state index contributed by atoms with van der Waals surface area (Å²) in [5, 5.41) is 11.6. The van der Waals surface area contributed by atoms with Crippen molar-refractivity contribution < 1.29 is 13.9 Å². The van der Waals surface area contributed by atoms with E-state index in [0.717, 1.165) is 16.9 Å². The Kier molecular flexibility index (Phi) is 7.57. The van der Waals surface area contributed by atoms with Crippen molar-refractivity contribution in [3.63, 3.8) is 0 Å². The number of imidazole rings is 1. The van der Waals surface area contributed by atoms with Gasteiger partial charge in [0.05, 0.1) is 18.0 Å². The van der Waals surface area contributed by atoms with Crippen LogP contribution in [0.25, 0.3) is 5.69 Å². The van der Waals surface area contributed by atoms with Gasteiger partial charge in [-0.3, -0.25) is 4.57 Å². The van der Waals surface area contributed by atoms with Gasteiger partial charge >= 0.3 is 0 Å². The van der Waals surface area contributed by atoms with Gasteiger partial charge in [0.25, 0.3) is 0 Å². The lowest BCUT2D eigenvalue weighted by atomic mass is 9.81. The molecule has 0 spiro atoms. The summed E-state index contributed by atoms with van der Waals surface area (Å²) in [4.78, 5) is 4.66. The number of hydrogen-bond acceptors (Lipinski definition) is 3. The van der Waals surface area contributed by atoms with Gasteiger partial charge in [0.1, 0.15) is 11.6 Å². The number of hydrogen-bond donors (Lipinski definition) is 1. The van der Waals surface area contributed by atoms with E-state index in [1.165, 1.54) is 42.1 Å². The average Bonchev–Trinajstić information content (AvgIpc) is 3.24. The molecule has 182 valence electrons. The minimum absolute atomic E-state index is 0.337. The van der Waals surface area contributed by atoms with Crippen molar-refractivity contribution in [2.45, 2.75) is 43.2 Å². The first-order chi connectivity index (χ1) is 16.6. The molecule has 3 nitrogen and oxygen atoms in total. The molecule has 1 N–H and O–H groups in total. The van der Waals surface area contributed by atoms with E-state index in [0.29, 0.717) is 32.1 Å². The summed E-state index contributed by atoms with van der Waals surface area (Å²) in [7, 11) is 0. The van der Waals surface area contributed by atoms with Gasteiger partial charge in [-0.25, -0.2) is 13.8 Å². The highest BCUT2D eigenvalue weighted by Gasteiger charge is 2.30. The minimum Gasteiger partial charge on any atom is -0.389 e. The predicted octanol–water partition coefficient (Wildman–Crippen LogP) is 8.13. The van der Waals surface area contributed by atoms with Gasteiger partial charge < -0.3 is 5.11 Å². The molecule has 0 saturated carbocycles. The molecule has 0 radical (unpaired) electrons. The maximum Gasteiger partial charge on any atom is 0.173 e. The molecule has 0 aliphatic rings. The van der Waals surface area contributed by atoms with E-state index in [9.17, 15) is 13.9 Å². The lowest BCUT2D eigenvalue weighted by molar-refractivity contribution is 0.199. The summed E-state index contributed by atoms with van der Waals surface area (Å²) >= 11 is 14.1. The fourth-order valence-electron chi connectivity index (χ4n) is 3.92. The number of rotatable bonds is 7. The van der Waals surface area contributed by atoms with Gasteiger partial charge in [-0.15, -0.1) is 0 Å². The summed E-state index contributed by atoms with van der Waals surface area (Å²) < 4.78 is 29.4. The number of halogens is 4. The number of aliphatic hydroxyl groups excluding tert-OH is 1. The Morgan fingerprint density at radius 3 is 2.31 bits per heavy atom. The molecule has 0 aliphatic carbocycles. The maximum absolute atomic E-state index is 13.8. The smallest absolute Gasteiger partial charge is 0.173 e. The second-order valence-electron chi connectivity index (χ2n) is 8.80. The highest BCUT2D eigenvalue weighted by molar-refractivity contribution is 7.98. The molecule has 4 rings (SSSR count). The molecular formula is C27H24Cl2F2N2OS. The number of nitrogens with zero attached hydrogens (tertiary/aromatic N) is 2. The molecule has 0 aliphatic heterocycles. The Morgan fingerprint density at radius 1 is 0.971 bits per heavy atom. The van der Waals surface area contributed by atoms with Crippen molar-refractivity contribution >= 4 is 35.0 Å². The first-order valence-electron chi connectivity index (χ1n) is 11.0. The second kappa shape index (κ2) is 10.3. The topological polar surface area (TPSA) is 38.1 Å². The van der Waals surface area contributed by atoms with Crippen LogP contribution in [0.1, 0.15) is 49.3 Å². The molecule has 0 bridgehead atoms. The summed E-state index contributed by atoms with van der Waals surface area (Å²) in [6, 6.07) is 16.1. The fraction of sp³-hybridized carbons (Fsp3) is 0.222. The molecule has 0 amide bonds. The van der Waals surface area contributed by atoms with Crippen molar-refractivity contribution in [2.24, 2.45) is 0 Å². The first kappa shape index (κ1) is 25.7. The van der Waals surface area contributed by atoms with Crippen LogP contribution >= 0.6 is 35.0 Å². The minimum atomic E-state index is -0.679. The third kappa shape index (κ3) is 5.41. The molecule has 35 heavy (non-hydrogen) atoms. The van der Waals surface area contributed by atoms with Crippen LogP contribution in [-0.2, 0) is 11.2 Å². The van der Waals surface area contributed by atoms with E-state index in [2.05, 4.69) is 18.8 Å². The molecule has 8 heteroatoms. The van der Waals surface area contributed by atoms with E-state index >= 15 is 0 Å². The third-order valence-electron chi connectivity index (χ3n) is 5.99. The number of aliphatic hydroxyl groups is 1. The zero-order chi connectivity index (χ0) is 25.3. The lowest BCUT2D eigenvalue weighted by Gasteiger charge is -2.28. The molecule has 1 heterocycles. The standard InChI is InChI=1S/C27H24Cl2F2N2OS/c1-16(34)22-10-4-18(13-24(22)29)27(2,3)25-14-32-26(33(25)21-8-5-19(30)6-9-21)35-15-17-12-20(31)7-11-23(17)28/h4-14,16,34H,15H2,1-3H3. The summed E-state index contributed by atoms with van der Waals surface area (Å²) in [5.74, 6) is -0.286. The highest BCUT2D eigenvalue weighted by Crippen LogP contribution is 2.39. The van der Waals surface area contributed by atoms with Crippen LogP contribution in [0.5, 0.6) is 0 Å².